The Morgan fingerprint density at radius 2 is 1.54 bits per heavy atom. The third-order valence-electron chi connectivity index (χ3n) is 10.8. The summed E-state index contributed by atoms with van der Waals surface area (Å²) < 4.78 is 0. The number of likely N-dealkylation sites (tertiary alicyclic amines) is 1. The van der Waals surface area contributed by atoms with E-state index in [0.717, 1.165) is 75.7 Å². The molecule has 35 heavy (non-hydrogen) atoms. The van der Waals surface area contributed by atoms with E-state index in [-0.39, 0.29) is 17.9 Å². The second-order valence-corrected chi connectivity index (χ2v) is 13.0. The van der Waals surface area contributed by atoms with Gasteiger partial charge in [0.1, 0.15) is 0 Å². The van der Waals surface area contributed by atoms with Gasteiger partial charge in [-0.1, -0.05) is 44.9 Å². The maximum Gasteiger partial charge on any atom is 0.237 e. The smallest absolute Gasteiger partial charge is 0.237 e. The average molecular weight is 486 g/mol. The van der Waals surface area contributed by atoms with Crippen LogP contribution in [0, 0.1) is 35.0 Å². The maximum absolute atomic E-state index is 13.7. The van der Waals surface area contributed by atoms with E-state index in [1.54, 1.807) is 0 Å². The van der Waals surface area contributed by atoms with Gasteiger partial charge in [0.2, 0.25) is 5.91 Å². The van der Waals surface area contributed by atoms with Crippen molar-refractivity contribution in [2.45, 2.75) is 133 Å². The van der Waals surface area contributed by atoms with Crippen molar-refractivity contribution in [3.63, 3.8) is 0 Å². The van der Waals surface area contributed by atoms with Crippen LogP contribution < -0.4 is 16.8 Å². The average Bonchev–Trinajstić information content (AvgIpc) is 3.24. The molecule has 0 aromatic rings. The Bertz CT molecular complexity index is 729. The number of nitrogens with one attached hydrogen (secondary N) is 2. The Kier molecular flexibility index (Phi) is 8.38. The third-order valence-corrected chi connectivity index (χ3v) is 10.8. The van der Waals surface area contributed by atoms with Crippen molar-refractivity contribution in [2.24, 2.45) is 41.1 Å². The lowest BCUT2D eigenvalue weighted by atomic mass is 9.67. The Morgan fingerprint density at radius 3 is 2.29 bits per heavy atom. The lowest BCUT2D eigenvalue weighted by Gasteiger charge is -2.44. The molecule has 6 N–H and O–H groups in total. The Labute approximate surface area is 213 Å². The van der Waals surface area contributed by atoms with Gasteiger partial charge in [0, 0.05) is 30.6 Å². The minimum Gasteiger partial charge on any atom is -0.387 e. The van der Waals surface area contributed by atoms with E-state index >= 15 is 0 Å². The number of amidine groups is 1. The molecule has 6 atom stereocenters. The molecule has 0 aromatic heterocycles. The predicted octanol–water partition coefficient (Wildman–Crippen LogP) is 4.55. The molecule has 0 bridgehead atoms. The van der Waals surface area contributed by atoms with E-state index in [2.05, 4.69) is 10.2 Å². The predicted molar refractivity (Wildman–Crippen MR) is 142 cm³/mol. The Hall–Kier alpha value is -1.14. The molecular formula is C29H51N5O. The first-order chi connectivity index (χ1) is 17.0. The quantitative estimate of drug-likeness (QED) is 0.327. The first kappa shape index (κ1) is 25.5. The number of hydrogen-bond acceptors (Lipinski definition) is 4. The largest absolute Gasteiger partial charge is 0.387 e. The van der Waals surface area contributed by atoms with Gasteiger partial charge in [-0.15, -0.1) is 0 Å². The molecule has 5 aliphatic rings. The van der Waals surface area contributed by atoms with Crippen LogP contribution in [-0.4, -0.2) is 47.4 Å². The molecule has 1 amide bonds. The minimum absolute atomic E-state index is 0.000223. The monoisotopic (exact) mass is 485 g/mol. The SMILES string of the molecule is N=C(N)C1CCC2CC(C(=O)NC3CCC(N)CC3)N(CC3CCCCC3C3CCCCC3)C2C1. The molecule has 198 valence electrons. The van der Waals surface area contributed by atoms with Gasteiger partial charge in [0.15, 0.2) is 0 Å². The highest BCUT2D eigenvalue weighted by Gasteiger charge is 2.49. The van der Waals surface area contributed by atoms with E-state index < -0.39 is 0 Å². The maximum atomic E-state index is 13.7. The van der Waals surface area contributed by atoms with Crippen molar-refractivity contribution in [1.29, 1.82) is 5.41 Å². The molecule has 0 aromatic carbocycles. The van der Waals surface area contributed by atoms with Crippen molar-refractivity contribution in [1.82, 2.24) is 10.2 Å². The van der Waals surface area contributed by atoms with Gasteiger partial charge in [-0.2, -0.15) is 0 Å². The van der Waals surface area contributed by atoms with Crippen molar-refractivity contribution in [3.8, 4) is 0 Å². The molecule has 4 saturated carbocycles. The van der Waals surface area contributed by atoms with Gasteiger partial charge in [-0.25, -0.2) is 0 Å². The molecule has 6 unspecified atom stereocenters. The molecule has 1 heterocycles. The fourth-order valence-corrected chi connectivity index (χ4v) is 8.82. The van der Waals surface area contributed by atoms with E-state index in [0.29, 0.717) is 29.9 Å². The van der Waals surface area contributed by atoms with Crippen molar-refractivity contribution >= 4 is 11.7 Å². The zero-order valence-electron chi connectivity index (χ0n) is 21.9. The van der Waals surface area contributed by atoms with Crippen LogP contribution in [-0.2, 0) is 4.79 Å². The van der Waals surface area contributed by atoms with Crippen LogP contribution >= 0.6 is 0 Å². The molecule has 1 aliphatic heterocycles. The number of nitrogens with two attached hydrogens (primary N) is 2. The Balaban J connectivity index is 1.32. The molecule has 6 heteroatoms. The number of carbonyl (C=O) groups excluding carboxylic acids is 1. The zero-order chi connectivity index (χ0) is 24.4. The van der Waals surface area contributed by atoms with Crippen molar-refractivity contribution in [2.75, 3.05) is 6.54 Å². The molecule has 6 nitrogen and oxygen atoms in total. The summed E-state index contributed by atoms with van der Waals surface area (Å²) in [7, 11) is 0. The second kappa shape index (κ2) is 11.5. The summed E-state index contributed by atoms with van der Waals surface area (Å²) in [5, 5.41) is 11.6. The topological polar surface area (TPSA) is 108 Å². The van der Waals surface area contributed by atoms with Crippen molar-refractivity contribution < 1.29 is 4.79 Å². The number of amides is 1. The van der Waals surface area contributed by atoms with E-state index in [1.165, 1.54) is 57.8 Å². The van der Waals surface area contributed by atoms with Gasteiger partial charge in [-0.05, 0) is 87.9 Å². The normalized spacial score (nSPS) is 41.3. The third kappa shape index (κ3) is 5.89. The van der Waals surface area contributed by atoms with Crippen LogP contribution in [0.25, 0.3) is 0 Å². The van der Waals surface area contributed by atoms with Gasteiger partial charge >= 0.3 is 0 Å². The lowest BCUT2D eigenvalue weighted by molar-refractivity contribution is -0.127. The van der Waals surface area contributed by atoms with Crippen LogP contribution in [0.1, 0.15) is 109 Å². The highest BCUT2D eigenvalue weighted by Crippen LogP contribution is 2.46. The summed E-state index contributed by atoms with van der Waals surface area (Å²) in [6.45, 7) is 1.08. The Morgan fingerprint density at radius 1 is 0.829 bits per heavy atom. The number of nitrogens with zero attached hydrogens (tertiary/aromatic N) is 1. The van der Waals surface area contributed by atoms with Crippen LogP contribution in [0.4, 0.5) is 0 Å². The van der Waals surface area contributed by atoms with Gasteiger partial charge in [-0.3, -0.25) is 15.1 Å². The van der Waals surface area contributed by atoms with Crippen LogP contribution in [0.15, 0.2) is 0 Å². The van der Waals surface area contributed by atoms with Crippen molar-refractivity contribution in [3.05, 3.63) is 0 Å². The standard InChI is InChI=1S/C29H51N5O/c30-23-12-14-24(15-13-23)33-29(35)27-16-20-10-11-21(28(31)32)17-26(20)34(27)18-22-8-4-5-9-25(22)19-6-2-1-3-7-19/h19-27H,1-18,30H2,(H3,31,32)(H,33,35). The zero-order valence-corrected chi connectivity index (χ0v) is 21.9. The molecule has 1 saturated heterocycles. The van der Waals surface area contributed by atoms with E-state index in [9.17, 15) is 4.79 Å². The summed E-state index contributed by atoms with van der Waals surface area (Å²) >= 11 is 0. The number of fused-ring (bicyclic) bond motifs is 1. The summed E-state index contributed by atoms with van der Waals surface area (Å²) in [6.07, 6.45) is 20.8. The van der Waals surface area contributed by atoms with Gasteiger partial charge < -0.3 is 16.8 Å². The van der Waals surface area contributed by atoms with Crippen LogP contribution in [0.3, 0.4) is 0 Å². The number of hydrogen-bond donors (Lipinski definition) is 4. The summed E-state index contributed by atoms with van der Waals surface area (Å²) in [5.41, 5.74) is 12.1. The van der Waals surface area contributed by atoms with Crippen LogP contribution in [0.2, 0.25) is 0 Å². The summed E-state index contributed by atoms with van der Waals surface area (Å²) in [5.74, 6) is 3.88. The minimum atomic E-state index is 0.000223. The summed E-state index contributed by atoms with van der Waals surface area (Å²) in [4.78, 5) is 16.4. The molecule has 4 aliphatic carbocycles. The molecule has 0 radical (unpaired) electrons. The highest BCUT2D eigenvalue weighted by molar-refractivity contribution is 5.83. The highest BCUT2D eigenvalue weighted by atomic mass is 16.2. The van der Waals surface area contributed by atoms with E-state index in [1.807, 2.05) is 0 Å². The van der Waals surface area contributed by atoms with Crippen LogP contribution in [0.5, 0.6) is 0 Å². The molecule has 0 spiro atoms. The number of rotatable bonds is 6. The number of carbonyl (C=O) groups is 1. The summed E-state index contributed by atoms with van der Waals surface area (Å²) in [6, 6.07) is 1.02. The molecular weight excluding hydrogens is 434 g/mol. The fraction of sp³-hybridized carbons (Fsp3) is 0.931. The first-order valence-corrected chi connectivity index (χ1v) is 15.1. The fourth-order valence-electron chi connectivity index (χ4n) is 8.82. The van der Waals surface area contributed by atoms with Gasteiger partial charge in [0.25, 0.3) is 0 Å². The lowest BCUT2D eigenvalue weighted by Crippen LogP contribution is -2.53. The molecule has 5 fully saturated rings. The first-order valence-electron chi connectivity index (χ1n) is 15.1. The molecule has 5 rings (SSSR count). The van der Waals surface area contributed by atoms with Gasteiger partial charge in [0.05, 0.1) is 11.9 Å². The second-order valence-electron chi connectivity index (χ2n) is 13.0. The van der Waals surface area contributed by atoms with E-state index in [4.69, 9.17) is 16.9 Å².